The van der Waals surface area contributed by atoms with Gasteiger partial charge in [-0.3, -0.25) is 4.90 Å². The van der Waals surface area contributed by atoms with Crippen molar-refractivity contribution in [2.75, 3.05) is 13.7 Å². The highest BCUT2D eigenvalue weighted by Crippen LogP contribution is 2.28. The Morgan fingerprint density at radius 2 is 1.74 bits per heavy atom. The van der Waals surface area contributed by atoms with Gasteiger partial charge in [-0.1, -0.05) is 54.6 Å². The summed E-state index contributed by atoms with van der Waals surface area (Å²) in [7, 11) is 1.44. The number of carbonyl (C=O) groups excluding carboxylic acids is 1. The fourth-order valence-corrected chi connectivity index (χ4v) is 3.02. The van der Waals surface area contributed by atoms with Crippen LogP contribution in [0, 0.1) is 0 Å². The number of rotatable bonds is 3. The lowest BCUT2D eigenvalue weighted by molar-refractivity contribution is -0.136. The number of nitrogens with zero attached hydrogens (tertiary/aromatic N) is 1. The molecule has 0 fully saturated rings. The summed E-state index contributed by atoms with van der Waals surface area (Å²) in [4.78, 5) is 14.4. The number of esters is 1. The first-order chi connectivity index (χ1) is 11.2. The molecule has 3 nitrogen and oxygen atoms in total. The van der Waals surface area contributed by atoms with E-state index in [2.05, 4.69) is 48.2 Å². The van der Waals surface area contributed by atoms with Crippen molar-refractivity contribution in [1.29, 1.82) is 0 Å². The zero-order valence-electron chi connectivity index (χ0n) is 13.5. The van der Waals surface area contributed by atoms with E-state index in [1.807, 2.05) is 24.3 Å². The van der Waals surface area contributed by atoms with E-state index >= 15 is 0 Å². The Hall–Kier alpha value is -2.39. The Morgan fingerprint density at radius 3 is 2.48 bits per heavy atom. The van der Waals surface area contributed by atoms with Gasteiger partial charge in [-0.2, -0.15) is 0 Å². The Kier molecular flexibility index (Phi) is 4.58. The Balaban J connectivity index is 1.97. The third-order valence-corrected chi connectivity index (χ3v) is 4.41. The van der Waals surface area contributed by atoms with Crippen LogP contribution in [0.15, 0.2) is 60.2 Å². The predicted octanol–water partition coefficient (Wildman–Crippen LogP) is 3.82. The van der Waals surface area contributed by atoms with Crippen LogP contribution in [0.5, 0.6) is 0 Å². The molecule has 0 bridgehead atoms. The highest BCUT2D eigenvalue weighted by atomic mass is 16.5. The summed E-state index contributed by atoms with van der Waals surface area (Å²) in [6, 6.07) is 18.8. The summed E-state index contributed by atoms with van der Waals surface area (Å²) >= 11 is 0. The minimum atomic E-state index is -0.257. The van der Waals surface area contributed by atoms with Crippen molar-refractivity contribution in [1.82, 2.24) is 4.90 Å². The van der Waals surface area contributed by atoms with Crippen LogP contribution in [0.3, 0.4) is 0 Å². The molecule has 1 aliphatic heterocycles. The van der Waals surface area contributed by atoms with E-state index < -0.39 is 0 Å². The van der Waals surface area contributed by atoms with E-state index in [4.69, 9.17) is 4.74 Å². The molecule has 0 aromatic heterocycles. The van der Waals surface area contributed by atoms with Crippen molar-refractivity contribution in [3.8, 4) is 0 Å². The molecule has 3 rings (SSSR count). The van der Waals surface area contributed by atoms with Gasteiger partial charge in [0.25, 0.3) is 0 Å². The zero-order valence-corrected chi connectivity index (χ0v) is 13.5. The average molecular weight is 307 g/mol. The van der Waals surface area contributed by atoms with E-state index in [0.29, 0.717) is 12.1 Å². The second-order valence-electron chi connectivity index (χ2n) is 5.85. The Bertz CT molecular complexity index is 721. The number of carbonyl (C=O) groups is 1. The van der Waals surface area contributed by atoms with Crippen LogP contribution >= 0.6 is 0 Å². The van der Waals surface area contributed by atoms with Crippen LogP contribution in [0.1, 0.15) is 29.7 Å². The highest BCUT2D eigenvalue weighted by Gasteiger charge is 2.24. The quantitative estimate of drug-likeness (QED) is 0.807. The third-order valence-electron chi connectivity index (χ3n) is 4.41. The van der Waals surface area contributed by atoms with Crippen LogP contribution in [-0.2, 0) is 16.1 Å². The van der Waals surface area contributed by atoms with Crippen LogP contribution in [-0.4, -0.2) is 24.5 Å². The molecule has 0 radical (unpaired) electrons. The topological polar surface area (TPSA) is 29.5 Å². The van der Waals surface area contributed by atoms with Crippen molar-refractivity contribution >= 4 is 12.0 Å². The van der Waals surface area contributed by atoms with Gasteiger partial charge in [0.2, 0.25) is 0 Å². The Morgan fingerprint density at radius 1 is 1.04 bits per heavy atom. The molecule has 23 heavy (non-hydrogen) atoms. The van der Waals surface area contributed by atoms with Gasteiger partial charge in [0, 0.05) is 19.1 Å². The number of hydrogen-bond acceptors (Lipinski definition) is 3. The van der Waals surface area contributed by atoms with E-state index in [-0.39, 0.29) is 12.0 Å². The maximum absolute atomic E-state index is 12.1. The Labute approximate surface area is 137 Å². The van der Waals surface area contributed by atoms with Crippen molar-refractivity contribution in [3.05, 3.63) is 76.9 Å². The number of ether oxygens (including phenoxy) is 1. The first-order valence-electron chi connectivity index (χ1n) is 7.85. The number of fused-ring (bicyclic) bond motifs is 1. The average Bonchev–Trinajstić information content (AvgIpc) is 2.80. The minimum absolute atomic E-state index is 0.218. The zero-order chi connectivity index (χ0) is 16.2. The smallest absolute Gasteiger partial charge is 0.335 e. The molecule has 1 aliphatic rings. The maximum Gasteiger partial charge on any atom is 0.335 e. The van der Waals surface area contributed by atoms with Gasteiger partial charge < -0.3 is 4.74 Å². The number of benzene rings is 2. The van der Waals surface area contributed by atoms with Crippen LogP contribution in [0.4, 0.5) is 0 Å². The molecule has 1 heterocycles. The molecule has 0 N–H and O–H groups in total. The molecule has 118 valence electrons. The summed E-state index contributed by atoms with van der Waals surface area (Å²) in [6.07, 6.45) is 1.96. The number of methoxy groups -OCH3 is 1. The highest BCUT2D eigenvalue weighted by molar-refractivity contribution is 5.94. The molecule has 0 spiro atoms. The lowest BCUT2D eigenvalue weighted by atomic mass is 10.0. The lowest BCUT2D eigenvalue weighted by Crippen LogP contribution is -2.29. The maximum atomic E-state index is 12.1. The second-order valence-corrected chi connectivity index (χ2v) is 5.85. The summed E-state index contributed by atoms with van der Waals surface area (Å²) in [6.45, 7) is 3.57. The fourth-order valence-electron chi connectivity index (χ4n) is 3.02. The molecule has 2 aromatic rings. The molecule has 0 amide bonds. The fraction of sp³-hybridized carbons (Fsp3) is 0.250. The molecule has 1 unspecified atom stereocenters. The summed E-state index contributed by atoms with van der Waals surface area (Å²) < 4.78 is 4.96. The first kappa shape index (κ1) is 15.5. The number of hydrogen-bond donors (Lipinski definition) is 0. The van der Waals surface area contributed by atoms with Gasteiger partial charge in [-0.05, 0) is 29.7 Å². The molecular weight excluding hydrogens is 286 g/mol. The molecule has 0 saturated carbocycles. The van der Waals surface area contributed by atoms with E-state index in [1.165, 1.54) is 18.2 Å². The standard InChI is InChI=1S/C20H21NO2/c1-15(16-8-4-3-5-9-16)21-13-18-11-7-6-10-17(18)12-19(14-21)20(22)23-2/h3-12,15H,13-14H2,1-2H3. The van der Waals surface area contributed by atoms with Gasteiger partial charge >= 0.3 is 5.97 Å². The van der Waals surface area contributed by atoms with E-state index in [0.717, 1.165) is 12.1 Å². The molecular formula is C20H21NO2. The molecule has 2 aromatic carbocycles. The van der Waals surface area contributed by atoms with Gasteiger partial charge in [-0.25, -0.2) is 4.79 Å². The van der Waals surface area contributed by atoms with Gasteiger partial charge in [-0.15, -0.1) is 0 Å². The SMILES string of the molecule is COC(=O)C1=Cc2ccccc2CN(C(C)c2ccccc2)C1. The lowest BCUT2D eigenvalue weighted by Gasteiger charge is -2.29. The minimum Gasteiger partial charge on any atom is -0.466 e. The molecule has 3 heteroatoms. The monoisotopic (exact) mass is 307 g/mol. The predicted molar refractivity (Wildman–Crippen MR) is 91.7 cm³/mol. The molecule has 0 saturated heterocycles. The molecule has 1 atom stereocenters. The summed E-state index contributed by atoms with van der Waals surface area (Å²) in [5, 5.41) is 0. The largest absolute Gasteiger partial charge is 0.466 e. The van der Waals surface area contributed by atoms with Gasteiger partial charge in [0.15, 0.2) is 0 Å². The van der Waals surface area contributed by atoms with Crippen LogP contribution < -0.4 is 0 Å². The van der Waals surface area contributed by atoms with Crippen molar-refractivity contribution in [2.45, 2.75) is 19.5 Å². The van der Waals surface area contributed by atoms with E-state index in [9.17, 15) is 4.79 Å². The normalized spacial score (nSPS) is 16.0. The second kappa shape index (κ2) is 6.80. The van der Waals surface area contributed by atoms with Gasteiger partial charge in [0.1, 0.15) is 0 Å². The van der Waals surface area contributed by atoms with Crippen molar-refractivity contribution in [3.63, 3.8) is 0 Å². The van der Waals surface area contributed by atoms with Crippen LogP contribution in [0.2, 0.25) is 0 Å². The summed E-state index contributed by atoms with van der Waals surface area (Å²) in [5.41, 5.74) is 4.26. The van der Waals surface area contributed by atoms with Crippen molar-refractivity contribution < 1.29 is 9.53 Å². The van der Waals surface area contributed by atoms with Gasteiger partial charge in [0.05, 0.1) is 12.7 Å². The molecule has 0 aliphatic carbocycles. The van der Waals surface area contributed by atoms with E-state index in [1.54, 1.807) is 0 Å². The first-order valence-corrected chi connectivity index (χ1v) is 7.85. The van der Waals surface area contributed by atoms with Crippen LogP contribution in [0.25, 0.3) is 6.08 Å². The van der Waals surface area contributed by atoms with Crippen molar-refractivity contribution in [2.24, 2.45) is 0 Å². The third kappa shape index (κ3) is 3.35. The summed E-state index contributed by atoms with van der Waals surface area (Å²) in [5.74, 6) is -0.257.